The first-order chi connectivity index (χ1) is 38.5. The van der Waals surface area contributed by atoms with Crippen molar-refractivity contribution in [2.75, 3.05) is 19.8 Å². The largest absolute Gasteiger partial charge is 0.508 e. The molecule has 10 nitrogen and oxygen atoms in total. The number of phenols is 2. The highest BCUT2D eigenvalue weighted by molar-refractivity contribution is 5.98. The summed E-state index contributed by atoms with van der Waals surface area (Å²) in [6.45, 7) is 4.87. The number of Topliss-reactive ketones (excluding diaryl/α,β-unsaturated/α-hetero) is 1. The number of nitrogens with zero attached hydrogens (tertiary/aromatic N) is 1. The molecule has 5 saturated carbocycles. The van der Waals surface area contributed by atoms with Gasteiger partial charge in [-0.05, 0) is 207 Å². The topological polar surface area (TPSA) is 167 Å². The molecule has 12 rings (SSSR count). The van der Waals surface area contributed by atoms with Gasteiger partial charge < -0.3 is 41.0 Å². The number of carbonyl (C=O) groups excluding carboxylic acids is 1. The van der Waals surface area contributed by atoms with E-state index in [0.717, 1.165) is 155 Å². The van der Waals surface area contributed by atoms with Crippen LogP contribution in [0, 0.1) is 53.3 Å². The summed E-state index contributed by atoms with van der Waals surface area (Å²) < 4.78 is 14.4. The van der Waals surface area contributed by atoms with E-state index >= 15 is 4.79 Å². The van der Waals surface area contributed by atoms with Gasteiger partial charge in [0, 0.05) is 42.4 Å². The SMILES string of the molecule is CCC1C(CO)=C2C(=O)CC(c3cc(OC4CCCC4)c(O)c4c3C#CCC3CC5C=C6C(CC(C)CC6C4C5COC4CCCCC4)c4cc(O)cc(c4)Cc4cccc(c4)C4(CCCCC4)NC(N)=N3)CCC2CC1CO. The van der Waals surface area contributed by atoms with Crippen LogP contribution in [0.25, 0.3) is 0 Å². The Hall–Kier alpha value is -5.08. The highest BCUT2D eigenvalue weighted by atomic mass is 16.5. The number of rotatable bonds is 9. The zero-order chi connectivity index (χ0) is 54.4. The van der Waals surface area contributed by atoms with Crippen molar-refractivity contribution in [3.63, 3.8) is 0 Å². The normalized spacial score (nSPS) is 31.9. The second kappa shape index (κ2) is 23.4. The van der Waals surface area contributed by atoms with Crippen LogP contribution in [-0.4, -0.2) is 70.2 Å². The second-order valence-corrected chi connectivity index (χ2v) is 26.4. The van der Waals surface area contributed by atoms with Gasteiger partial charge in [-0.15, -0.1) is 0 Å². The first kappa shape index (κ1) is 54.5. The van der Waals surface area contributed by atoms with Gasteiger partial charge >= 0.3 is 0 Å². The van der Waals surface area contributed by atoms with Gasteiger partial charge in [0.2, 0.25) is 0 Å². The third kappa shape index (κ3) is 11.0. The molecule has 0 radical (unpaired) electrons. The molecule has 8 bridgehead atoms. The number of benzene rings is 3. The van der Waals surface area contributed by atoms with E-state index in [9.17, 15) is 20.4 Å². The highest BCUT2D eigenvalue weighted by Crippen LogP contribution is 2.61. The molecule has 3 aromatic rings. The predicted octanol–water partition coefficient (Wildman–Crippen LogP) is 12.8. The Morgan fingerprint density at radius 2 is 1.62 bits per heavy atom. The molecule has 1 aliphatic heterocycles. The summed E-state index contributed by atoms with van der Waals surface area (Å²) >= 11 is 0. The molecule has 7 N–H and O–H groups in total. The Labute approximate surface area is 470 Å². The van der Waals surface area contributed by atoms with Crippen molar-refractivity contribution in [3.05, 3.63) is 110 Å². The minimum absolute atomic E-state index is 0.00224. The van der Waals surface area contributed by atoms with Crippen LogP contribution in [0.5, 0.6) is 17.2 Å². The molecule has 422 valence electrons. The molecule has 0 saturated heterocycles. The maximum Gasteiger partial charge on any atom is 0.189 e. The summed E-state index contributed by atoms with van der Waals surface area (Å²) in [4.78, 5) is 20.7. The monoisotopic (exact) mass is 1070 g/mol. The van der Waals surface area contributed by atoms with Crippen molar-refractivity contribution in [2.24, 2.45) is 52.2 Å². The Bertz CT molecular complexity index is 2890. The van der Waals surface area contributed by atoms with E-state index < -0.39 is 0 Å². The summed E-state index contributed by atoms with van der Waals surface area (Å²) in [5.74, 6) is 8.82. The lowest BCUT2D eigenvalue weighted by atomic mass is 9.55. The first-order valence-electron chi connectivity index (χ1n) is 31.4. The van der Waals surface area contributed by atoms with Gasteiger partial charge in [0.25, 0.3) is 0 Å². The van der Waals surface area contributed by atoms with Gasteiger partial charge in [0.05, 0.1) is 37.0 Å². The van der Waals surface area contributed by atoms with Gasteiger partial charge in [-0.2, -0.15) is 0 Å². The molecule has 5 fully saturated rings. The summed E-state index contributed by atoms with van der Waals surface area (Å²) in [6.07, 6.45) is 24.6. The Kier molecular flexibility index (Phi) is 16.2. The number of aromatic hydroxyl groups is 2. The number of guanidine groups is 1. The molecular weight excluding hydrogens is 983 g/mol. The third-order valence-corrected chi connectivity index (χ3v) is 21.3. The zero-order valence-corrected chi connectivity index (χ0v) is 47.3. The average Bonchev–Trinajstić information content (AvgIpc) is 4.05. The van der Waals surface area contributed by atoms with Crippen LogP contribution in [0.2, 0.25) is 0 Å². The Balaban J connectivity index is 1.08. The molecule has 0 aromatic heterocycles. The standard InChI is InChI=1S/C69H89N3O7/c1-3-54-48(38-73)32-45-23-22-44(36-62(76)64(45)60(54)39-74)57-37-63(79-53-19-8-9-20-53)67(77)66-55(57)21-13-16-50-33-47-35-58-56(26-41(2)27-59(58)65(66)61(47)40-78-52-17-6-4-7-18-52)46-29-43(31-51(75)34-46)28-42-14-12-15-49(30-42)69(72-68(70)71-50)24-10-5-11-25-69/h12,14-15,29-31,34-35,37,41,44-45,47-48,50,52-54,56,59,61,65,73-75,77H,3-11,16-20,22-28,32-33,36,38-40H2,1-2H3,(H3,70,71,72). The lowest BCUT2D eigenvalue weighted by Crippen LogP contribution is -2.50. The van der Waals surface area contributed by atoms with E-state index in [-0.39, 0.29) is 114 Å². The van der Waals surface area contributed by atoms with Gasteiger partial charge in [0.1, 0.15) is 5.75 Å². The van der Waals surface area contributed by atoms with Gasteiger partial charge in [-0.25, -0.2) is 4.99 Å². The fraction of sp³-hybridized carbons (Fsp3) is 0.623. The van der Waals surface area contributed by atoms with Crippen molar-refractivity contribution < 1.29 is 34.7 Å². The molecule has 3 aromatic carbocycles. The van der Waals surface area contributed by atoms with Crippen LogP contribution >= 0.6 is 0 Å². The maximum atomic E-state index is 15.2. The van der Waals surface area contributed by atoms with E-state index in [0.29, 0.717) is 43.5 Å². The molecule has 9 aliphatic rings. The van der Waals surface area contributed by atoms with E-state index in [2.05, 4.69) is 73.5 Å². The first-order valence-corrected chi connectivity index (χ1v) is 31.4. The Morgan fingerprint density at radius 1 is 0.848 bits per heavy atom. The second-order valence-electron chi connectivity index (χ2n) is 26.4. The number of ketones is 1. The van der Waals surface area contributed by atoms with Crippen LogP contribution < -0.4 is 15.8 Å². The number of allylic oxidation sites excluding steroid dienone is 3. The predicted molar refractivity (Wildman–Crippen MR) is 311 cm³/mol. The molecule has 0 amide bonds. The van der Waals surface area contributed by atoms with Crippen LogP contribution in [0.1, 0.15) is 218 Å². The van der Waals surface area contributed by atoms with Crippen LogP contribution in [-0.2, 0) is 21.5 Å². The fourth-order valence-electron chi connectivity index (χ4n) is 17.7. The van der Waals surface area contributed by atoms with Gasteiger partial charge in [-0.1, -0.05) is 106 Å². The summed E-state index contributed by atoms with van der Waals surface area (Å²) in [5.41, 5.74) is 17.2. The lowest BCUT2D eigenvalue weighted by molar-refractivity contribution is -0.116. The van der Waals surface area contributed by atoms with Crippen molar-refractivity contribution in [2.45, 2.75) is 209 Å². The number of carbonyl (C=O) groups is 1. The maximum absolute atomic E-state index is 15.2. The third-order valence-electron chi connectivity index (χ3n) is 21.3. The molecule has 1 heterocycles. The minimum Gasteiger partial charge on any atom is -0.508 e. The number of fused-ring (bicyclic) bond motifs is 12. The number of nitrogens with two attached hydrogens (primary N) is 1. The number of hydrogen-bond acceptors (Lipinski definition) is 10. The molecular formula is C69H89N3O7. The van der Waals surface area contributed by atoms with E-state index in [1.165, 1.54) is 29.5 Å². The zero-order valence-electron chi connectivity index (χ0n) is 47.3. The van der Waals surface area contributed by atoms with Crippen LogP contribution in [0.4, 0.5) is 0 Å². The average molecular weight is 1070 g/mol. The summed E-state index contributed by atoms with van der Waals surface area (Å²) in [5, 5.41) is 50.9. The number of aliphatic hydroxyl groups excluding tert-OH is 2. The lowest BCUT2D eigenvalue weighted by Gasteiger charge is -2.50. The minimum atomic E-state index is -0.379. The smallest absolute Gasteiger partial charge is 0.189 e. The van der Waals surface area contributed by atoms with E-state index in [1.807, 2.05) is 12.1 Å². The van der Waals surface area contributed by atoms with Gasteiger partial charge in [0.15, 0.2) is 23.2 Å². The highest BCUT2D eigenvalue weighted by Gasteiger charge is 2.50. The molecule has 11 atom stereocenters. The number of phenolic OH excluding ortho intramolecular Hbond substituents is 2. The molecule has 1 spiro atoms. The van der Waals surface area contributed by atoms with Crippen LogP contribution in [0.15, 0.2) is 76.3 Å². The van der Waals surface area contributed by atoms with Crippen molar-refractivity contribution in [3.8, 4) is 29.1 Å². The summed E-state index contributed by atoms with van der Waals surface area (Å²) in [6, 6.07) is 17.2. The summed E-state index contributed by atoms with van der Waals surface area (Å²) in [7, 11) is 0. The van der Waals surface area contributed by atoms with Crippen molar-refractivity contribution in [1.82, 2.24) is 5.32 Å². The fourth-order valence-corrected chi connectivity index (χ4v) is 17.7. The van der Waals surface area contributed by atoms with Gasteiger partial charge in [-0.3, -0.25) is 4.79 Å². The molecule has 11 unspecified atom stereocenters. The number of nitrogens with one attached hydrogen (secondary N) is 1. The van der Waals surface area contributed by atoms with E-state index in [1.54, 1.807) is 0 Å². The number of hydrogen-bond donors (Lipinski definition) is 6. The number of ether oxygens (including phenoxy) is 2. The van der Waals surface area contributed by atoms with Crippen molar-refractivity contribution >= 4 is 11.7 Å². The van der Waals surface area contributed by atoms with E-state index in [4.69, 9.17) is 20.2 Å². The van der Waals surface area contributed by atoms with Crippen LogP contribution in [0.3, 0.4) is 0 Å². The number of aliphatic hydroxyl groups is 2. The molecule has 8 aliphatic carbocycles. The molecule has 79 heavy (non-hydrogen) atoms. The van der Waals surface area contributed by atoms with Crippen molar-refractivity contribution in [1.29, 1.82) is 0 Å². The molecule has 10 heteroatoms. The quantitative estimate of drug-likeness (QED) is 0.0903. The number of aliphatic imine (C=N–C) groups is 1. The Morgan fingerprint density at radius 3 is 2.41 bits per heavy atom.